The van der Waals surface area contributed by atoms with Gasteiger partial charge in [0, 0.05) is 19.8 Å². The highest BCUT2D eigenvalue weighted by Gasteiger charge is 2.12. The molecule has 18 heavy (non-hydrogen) atoms. The molecule has 1 heterocycles. The molecule has 1 rings (SSSR count). The predicted octanol–water partition coefficient (Wildman–Crippen LogP) is 1.10. The fourth-order valence-electron chi connectivity index (χ4n) is 1.66. The first-order chi connectivity index (χ1) is 8.58. The molecule has 0 fully saturated rings. The Balaban J connectivity index is 2.90. The van der Waals surface area contributed by atoms with Crippen LogP contribution in [0.15, 0.2) is 18.3 Å². The predicted molar refractivity (Wildman–Crippen MR) is 71.4 cm³/mol. The van der Waals surface area contributed by atoms with Crippen molar-refractivity contribution in [3.05, 3.63) is 23.9 Å². The van der Waals surface area contributed by atoms with Gasteiger partial charge in [-0.3, -0.25) is 4.79 Å². The minimum atomic E-state index is -0.532. The van der Waals surface area contributed by atoms with E-state index < -0.39 is 6.10 Å². The van der Waals surface area contributed by atoms with Crippen molar-refractivity contribution < 1.29 is 9.90 Å². The fourth-order valence-corrected chi connectivity index (χ4v) is 1.66. The van der Waals surface area contributed by atoms with Crippen LogP contribution in [-0.4, -0.2) is 36.1 Å². The molecule has 1 aromatic heterocycles. The Morgan fingerprint density at radius 2 is 2.33 bits per heavy atom. The first kappa shape index (κ1) is 14.4. The number of carbonyl (C=O) groups is 1. The van der Waals surface area contributed by atoms with Gasteiger partial charge in [-0.15, -0.1) is 0 Å². The Labute approximate surface area is 108 Å². The average Bonchev–Trinajstić information content (AvgIpc) is 2.38. The summed E-state index contributed by atoms with van der Waals surface area (Å²) >= 11 is 0. The van der Waals surface area contributed by atoms with Crippen LogP contribution in [0.25, 0.3) is 0 Å². The van der Waals surface area contributed by atoms with Crippen molar-refractivity contribution in [3.8, 4) is 0 Å². The molecular weight excluding hydrogens is 230 g/mol. The topological polar surface area (TPSA) is 65.5 Å². The summed E-state index contributed by atoms with van der Waals surface area (Å²) in [4.78, 5) is 17.6. The van der Waals surface area contributed by atoms with Crippen molar-refractivity contribution in [3.63, 3.8) is 0 Å². The number of hydrogen-bond acceptors (Lipinski definition) is 4. The zero-order chi connectivity index (χ0) is 13.5. The lowest BCUT2D eigenvalue weighted by Crippen LogP contribution is -2.36. The molecule has 0 unspecified atom stereocenters. The molecule has 0 saturated heterocycles. The first-order valence-electron chi connectivity index (χ1n) is 6.18. The highest BCUT2D eigenvalue weighted by atomic mass is 16.3. The van der Waals surface area contributed by atoms with E-state index in [1.807, 2.05) is 11.0 Å². The van der Waals surface area contributed by atoms with Crippen LogP contribution in [0.4, 0.5) is 5.82 Å². The first-order valence-corrected chi connectivity index (χ1v) is 6.18. The molecule has 5 heteroatoms. The average molecular weight is 251 g/mol. The summed E-state index contributed by atoms with van der Waals surface area (Å²) in [5, 5.41) is 12.2. The normalized spacial score (nSPS) is 12.0. The summed E-state index contributed by atoms with van der Waals surface area (Å²) in [6.45, 7) is 4.79. The number of aliphatic hydroxyl groups is 1. The van der Waals surface area contributed by atoms with Gasteiger partial charge in [0.2, 0.25) is 5.91 Å². The van der Waals surface area contributed by atoms with Gasteiger partial charge in [-0.25, -0.2) is 4.98 Å². The molecule has 0 spiro atoms. The lowest BCUT2D eigenvalue weighted by atomic mass is 10.1. The Hall–Kier alpha value is -1.62. The van der Waals surface area contributed by atoms with Gasteiger partial charge in [-0.1, -0.05) is 6.92 Å². The van der Waals surface area contributed by atoms with Crippen molar-refractivity contribution in [1.82, 2.24) is 10.3 Å². The van der Waals surface area contributed by atoms with Crippen LogP contribution in [0.1, 0.15) is 31.9 Å². The third kappa shape index (κ3) is 4.00. The van der Waals surface area contributed by atoms with Gasteiger partial charge in [-0.2, -0.15) is 0 Å². The number of amides is 1. The third-order valence-corrected chi connectivity index (χ3v) is 2.68. The van der Waals surface area contributed by atoms with Crippen LogP contribution in [0.5, 0.6) is 0 Å². The highest BCUT2D eigenvalue weighted by Crippen LogP contribution is 2.18. The van der Waals surface area contributed by atoms with Crippen molar-refractivity contribution in [2.45, 2.75) is 26.4 Å². The standard InChI is InChI=1S/C13H21N3O2/c1-4-7-16(9-13(18)14-3)12-8-11(10(2)17)5-6-15-12/h5-6,8,10,17H,4,7,9H2,1-3H3,(H,14,18)/t10-/m0/s1. The minimum Gasteiger partial charge on any atom is -0.389 e. The van der Waals surface area contributed by atoms with Crippen molar-refractivity contribution >= 4 is 11.7 Å². The second kappa shape index (κ2) is 6.96. The second-order valence-electron chi connectivity index (χ2n) is 4.22. The van der Waals surface area contributed by atoms with E-state index in [4.69, 9.17) is 0 Å². The van der Waals surface area contributed by atoms with Crippen LogP contribution in [0, 0.1) is 0 Å². The maximum Gasteiger partial charge on any atom is 0.239 e. The van der Waals surface area contributed by atoms with Crippen LogP contribution in [0.2, 0.25) is 0 Å². The van der Waals surface area contributed by atoms with E-state index >= 15 is 0 Å². The van der Waals surface area contributed by atoms with Gasteiger partial charge in [0.1, 0.15) is 5.82 Å². The van der Waals surface area contributed by atoms with Gasteiger partial charge in [0.15, 0.2) is 0 Å². The van der Waals surface area contributed by atoms with E-state index in [1.54, 1.807) is 26.2 Å². The number of pyridine rings is 1. The maximum absolute atomic E-state index is 11.5. The molecule has 2 N–H and O–H groups in total. The van der Waals surface area contributed by atoms with Gasteiger partial charge in [-0.05, 0) is 31.0 Å². The number of aliphatic hydroxyl groups excluding tert-OH is 1. The molecule has 1 aromatic rings. The number of aromatic nitrogens is 1. The Bertz CT molecular complexity index is 394. The molecule has 100 valence electrons. The Morgan fingerprint density at radius 3 is 2.89 bits per heavy atom. The van der Waals surface area contributed by atoms with Gasteiger partial charge in [0.05, 0.1) is 12.6 Å². The molecule has 0 aliphatic rings. The summed E-state index contributed by atoms with van der Waals surface area (Å²) < 4.78 is 0. The summed E-state index contributed by atoms with van der Waals surface area (Å²) in [5.41, 5.74) is 0.804. The molecule has 0 saturated carbocycles. The van der Waals surface area contributed by atoms with Crippen molar-refractivity contribution in [2.75, 3.05) is 25.0 Å². The largest absolute Gasteiger partial charge is 0.389 e. The molecule has 0 radical (unpaired) electrons. The number of nitrogens with zero attached hydrogens (tertiary/aromatic N) is 2. The van der Waals surface area contributed by atoms with Gasteiger partial charge >= 0.3 is 0 Å². The highest BCUT2D eigenvalue weighted by molar-refractivity contribution is 5.80. The molecule has 1 atom stereocenters. The minimum absolute atomic E-state index is 0.0484. The number of anilines is 1. The van der Waals surface area contributed by atoms with Crippen molar-refractivity contribution in [2.24, 2.45) is 0 Å². The lowest BCUT2D eigenvalue weighted by molar-refractivity contribution is -0.119. The van der Waals surface area contributed by atoms with Gasteiger partial charge < -0.3 is 15.3 Å². The summed E-state index contributed by atoms with van der Waals surface area (Å²) in [6.07, 6.45) is 2.05. The quantitative estimate of drug-likeness (QED) is 0.794. The number of nitrogens with one attached hydrogen (secondary N) is 1. The Morgan fingerprint density at radius 1 is 1.61 bits per heavy atom. The van der Waals surface area contributed by atoms with E-state index in [0.717, 1.165) is 24.3 Å². The summed E-state index contributed by atoms with van der Waals surface area (Å²) in [5.74, 6) is 0.673. The van der Waals surface area contributed by atoms with E-state index in [9.17, 15) is 9.90 Å². The van der Waals surface area contributed by atoms with Crippen LogP contribution in [0.3, 0.4) is 0 Å². The molecule has 0 aliphatic heterocycles. The van der Waals surface area contributed by atoms with E-state index in [2.05, 4.69) is 17.2 Å². The molecular formula is C13H21N3O2. The molecule has 0 aliphatic carbocycles. The zero-order valence-corrected chi connectivity index (χ0v) is 11.2. The molecule has 5 nitrogen and oxygen atoms in total. The van der Waals surface area contributed by atoms with Crippen LogP contribution < -0.4 is 10.2 Å². The van der Waals surface area contributed by atoms with E-state index in [0.29, 0.717) is 0 Å². The zero-order valence-electron chi connectivity index (χ0n) is 11.2. The van der Waals surface area contributed by atoms with Crippen molar-refractivity contribution in [1.29, 1.82) is 0 Å². The Kier molecular flexibility index (Phi) is 5.58. The number of hydrogen-bond donors (Lipinski definition) is 2. The van der Waals surface area contributed by atoms with Crippen LogP contribution >= 0.6 is 0 Å². The molecule has 1 amide bonds. The smallest absolute Gasteiger partial charge is 0.239 e. The fraction of sp³-hybridized carbons (Fsp3) is 0.538. The number of likely N-dealkylation sites (N-methyl/N-ethyl adjacent to an activating group) is 1. The number of rotatable bonds is 6. The summed E-state index contributed by atoms with van der Waals surface area (Å²) in [6, 6.07) is 3.60. The van der Waals surface area contributed by atoms with E-state index in [-0.39, 0.29) is 12.5 Å². The number of carbonyl (C=O) groups excluding carboxylic acids is 1. The lowest BCUT2D eigenvalue weighted by Gasteiger charge is -2.23. The van der Waals surface area contributed by atoms with E-state index in [1.165, 1.54) is 0 Å². The summed E-state index contributed by atoms with van der Waals surface area (Å²) in [7, 11) is 1.62. The molecule has 0 aromatic carbocycles. The SMILES string of the molecule is CCCN(CC(=O)NC)c1cc([C@H](C)O)ccn1. The third-order valence-electron chi connectivity index (χ3n) is 2.68. The monoisotopic (exact) mass is 251 g/mol. The second-order valence-corrected chi connectivity index (χ2v) is 4.22. The van der Waals surface area contributed by atoms with Gasteiger partial charge in [0.25, 0.3) is 0 Å². The molecule has 0 bridgehead atoms. The van der Waals surface area contributed by atoms with Crippen LogP contribution in [-0.2, 0) is 4.79 Å². The maximum atomic E-state index is 11.5.